The number of hydrogen-bond donors (Lipinski definition) is 1. The van der Waals surface area contributed by atoms with Gasteiger partial charge in [-0.05, 0) is 31.4 Å². The van der Waals surface area contributed by atoms with Gasteiger partial charge in [-0.3, -0.25) is 9.88 Å². The quantitative estimate of drug-likeness (QED) is 0.885. The third-order valence-electron chi connectivity index (χ3n) is 4.93. The highest BCUT2D eigenvalue weighted by molar-refractivity contribution is 5.14. The average Bonchev–Trinajstić information content (AvgIpc) is 2.48. The Hall–Kier alpha value is -0.930. The van der Waals surface area contributed by atoms with Gasteiger partial charge in [0.1, 0.15) is 0 Å². The van der Waals surface area contributed by atoms with Crippen LogP contribution in [0.1, 0.15) is 50.6 Å². The number of hydrogen-bond acceptors (Lipinski definition) is 3. The van der Waals surface area contributed by atoms with Crippen LogP contribution in [0.2, 0.25) is 0 Å². The molecule has 3 heteroatoms. The van der Waals surface area contributed by atoms with Gasteiger partial charge in [-0.25, -0.2) is 0 Å². The van der Waals surface area contributed by atoms with E-state index < -0.39 is 0 Å². The molecule has 1 aromatic heterocycles. The lowest BCUT2D eigenvalue weighted by Gasteiger charge is -2.48. The van der Waals surface area contributed by atoms with Crippen molar-refractivity contribution >= 4 is 0 Å². The Labute approximate surface area is 116 Å². The number of piperazine rings is 1. The molecule has 3 nitrogen and oxygen atoms in total. The summed E-state index contributed by atoms with van der Waals surface area (Å²) in [6.07, 6.45) is 10.8. The van der Waals surface area contributed by atoms with Crippen LogP contribution in [0.4, 0.5) is 0 Å². The van der Waals surface area contributed by atoms with Gasteiger partial charge in [-0.15, -0.1) is 0 Å². The van der Waals surface area contributed by atoms with Crippen LogP contribution in [0.15, 0.2) is 24.5 Å². The third kappa shape index (κ3) is 2.82. The molecule has 2 heterocycles. The van der Waals surface area contributed by atoms with Crippen molar-refractivity contribution in [2.45, 2.75) is 50.6 Å². The van der Waals surface area contributed by atoms with Crippen LogP contribution in [0, 0.1) is 0 Å². The van der Waals surface area contributed by atoms with E-state index in [1.165, 1.54) is 44.2 Å². The summed E-state index contributed by atoms with van der Waals surface area (Å²) in [6.45, 7) is 5.80. The highest BCUT2D eigenvalue weighted by atomic mass is 15.2. The van der Waals surface area contributed by atoms with Crippen LogP contribution in [0.5, 0.6) is 0 Å². The van der Waals surface area contributed by atoms with E-state index >= 15 is 0 Å². The molecule has 3 rings (SSSR count). The van der Waals surface area contributed by atoms with Crippen LogP contribution >= 0.6 is 0 Å². The molecule has 1 saturated heterocycles. The summed E-state index contributed by atoms with van der Waals surface area (Å²) < 4.78 is 0. The Morgan fingerprint density at radius 1 is 1.32 bits per heavy atom. The summed E-state index contributed by atoms with van der Waals surface area (Å²) in [4.78, 5) is 6.90. The van der Waals surface area contributed by atoms with Gasteiger partial charge in [0, 0.05) is 43.6 Å². The standard InChI is InChI=1S/C16H25N3/c1-14(15-6-5-9-17-12-15)19-11-10-18-16(13-19)7-3-2-4-8-16/h5-6,9,12,14,18H,2-4,7-8,10-11,13H2,1H3. The smallest absolute Gasteiger partial charge is 0.0336 e. The zero-order valence-corrected chi connectivity index (χ0v) is 11.9. The van der Waals surface area contributed by atoms with Crippen molar-refractivity contribution in [1.29, 1.82) is 0 Å². The number of aromatic nitrogens is 1. The van der Waals surface area contributed by atoms with Crippen molar-refractivity contribution in [3.8, 4) is 0 Å². The maximum atomic E-state index is 4.26. The molecule has 19 heavy (non-hydrogen) atoms. The molecule has 1 spiro atoms. The first-order chi connectivity index (χ1) is 9.29. The molecule has 0 aromatic carbocycles. The first-order valence-corrected chi connectivity index (χ1v) is 7.68. The van der Waals surface area contributed by atoms with E-state index in [1.54, 1.807) is 0 Å². The topological polar surface area (TPSA) is 28.2 Å². The summed E-state index contributed by atoms with van der Waals surface area (Å²) in [7, 11) is 0. The van der Waals surface area contributed by atoms with E-state index in [9.17, 15) is 0 Å². The van der Waals surface area contributed by atoms with Gasteiger partial charge in [0.25, 0.3) is 0 Å². The fraction of sp³-hybridized carbons (Fsp3) is 0.688. The van der Waals surface area contributed by atoms with Crippen LogP contribution in [-0.4, -0.2) is 35.1 Å². The van der Waals surface area contributed by atoms with Gasteiger partial charge in [-0.1, -0.05) is 25.3 Å². The van der Waals surface area contributed by atoms with Crippen LogP contribution < -0.4 is 5.32 Å². The highest BCUT2D eigenvalue weighted by Gasteiger charge is 2.37. The number of pyridine rings is 1. The second-order valence-corrected chi connectivity index (χ2v) is 6.20. The van der Waals surface area contributed by atoms with Gasteiger partial charge in [-0.2, -0.15) is 0 Å². The number of nitrogens with zero attached hydrogens (tertiary/aromatic N) is 2. The lowest BCUT2D eigenvalue weighted by Crippen LogP contribution is -2.61. The minimum Gasteiger partial charge on any atom is -0.309 e. The molecule has 1 unspecified atom stereocenters. The van der Waals surface area contributed by atoms with E-state index in [-0.39, 0.29) is 0 Å². The number of rotatable bonds is 2. The lowest BCUT2D eigenvalue weighted by molar-refractivity contribution is 0.0729. The summed E-state index contributed by atoms with van der Waals surface area (Å²) in [6, 6.07) is 4.73. The fourth-order valence-corrected chi connectivity index (χ4v) is 3.72. The van der Waals surface area contributed by atoms with E-state index in [2.05, 4.69) is 28.2 Å². The molecular formula is C16H25N3. The molecule has 2 aliphatic rings. The van der Waals surface area contributed by atoms with Crippen molar-refractivity contribution in [2.75, 3.05) is 19.6 Å². The van der Waals surface area contributed by atoms with Crippen molar-refractivity contribution in [3.05, 3.63) is 30.1 Å². The molecule has 1 atom stereocenters. The molecule has 104 valence electrons. The molecular weight excluding hydrogens is 234 g/mol. The zero-order valence-electron chi connectivity index (χ0n) is 11.9. The molecule has 0 amide bonds. The van der Waals surface area contributed by atoms with Gasteiger partial charge in [0.15, 0.2) is 0 Å². The average molecular weight is 259 g/mol. The third-order valence-corrected chi connectivity index (χ3v) is 4.93. The second kappa shape index (κ2) is 5.59. The van der Waals surface area contributed by atoms with Gasteiger partial charge in [0.2, 0.25) is 0 Å². The van der Waals surface area contributed by atoms with Gasteiger partial charge < -0.3 is 5.32 Å². The first-order valence-electron chi connectivity index (χ1n) is 7.68. The molecule has 1 N–H and O–H groups in total. The molecule has 1 aliphatic heterocycles. The van der Waals surface area contributed by atoms with E-state index in [1.807, 2.05) is 18.5 Å². The Kier molecular flexibility index (Phi) is 3.85. The summed E-state index contributed by atoms with van der Waals surface area (Å²) >= 11 is 0. The minimum atomic E-state index is 0.396. The van der Waals surface area contributed by atoms with Crippen molar-refractivity contribution in [2.24, 2.45) is 0 Å². The van der Waals surface area contributed by atoms with Crippen molar-refractivity contribution in [1.82, 2.24) is 15.2 Å². The Bertz CT molecular complexity index is 392. The summed E-state index contributed by atoms with van der Waals surface area (Å²) in [5.41, 5.74) is 1.74. The van der Waals surface area contributed by atoms with E-state index in [0.717, 1.165) is 13.1 Å². The summed E-state index contributed by atoms with van der Waals surface area (Å²) in [5.74, 6) is 0. The largest absolute Gasteiger partial charge is 0.309 e. The molecule has 1 saturated carbocycles. The predicted molar refractivity (Wildman–Crippen MR) is 78.0 cm³/mol. The molecule has 1 aromatic rings. The Morgan fingerprint density at radius 2 is 2.16 bits per heavy atom. The van der Waals surface area contributed by atoms with Gasteiger partial charge in [0.05, 0.1) is 0 Å². The molecule has 0 radical (unpaired) electrons. The molecule has 1 aliphatic carbocycles. The maximum absolute atomic E-state index is 4.26. The summed E-state index contributed by atoms with van der Waals surface area (Å²) in [5, 5.41) is 3.81. The Morgan fingerprint density at radius 3 is 2.89 bits per heavy atom. The van der Waals surface area contributed by atoms with E-state index in [4.69, 9.17) is 0 Å². The van der Waals surface area contributed by atoms with E-state index in [0.29, 0.717) is 11.6 Å². The minimum absolute atomic E-state index is 0.396. The normalized spacial score (nSPS) is 25.3. The lowest BCUT2D eigenvalue weighted by atomic mass is 9.80. The van der Waals surface area contributed by atoms with Crippen LogP contribution in [0.25, 0.3) is 0 Å². The Balaban J connectivity index is 1.71. The zero-order chi connectivity index (χ0) is 13.1. The SMILES string of the molecule is CC(c1cccnc1)N1CCNC2(CCCCC2)C1. The fourth-order valence-electron chi connectivity index (χ4n) is 3.72. The van der Waals surface area contributed by atoms with Gasteiger partial charge >= 0.3 is 0 Å². The second-order valence-electron chi connectivity index (χ2n) is 6.20. The predicted octanol–water partition coefficient (Wildman–Crippen LogP) is 2.75. The van der Waals surface area contributed by atoms with Crippen molar-refractivity contribution in [3.63, 3.8) is 0 Å². The molecule has 0 bridgehead atoms. The number of nitrogens with one attached hydrogen (secondary N) is 1. The molecule has 2 fully saturated rings. The first kappa shape index (κ1) is 13.1. The maximum Gasteiger partial charge on any atom is 0.0336 e. The van der Waals surface area contributed by atoms with Crippen molar-refractivity contribution < 1.29 is 0 Å². The van der Waals surface area contributed by atoms with Crippen LogP contribution in [-0.2, 0) is 0 Å². The monoisotopic (exact) mass is 259 g/mol. The van der Waals surface area contributed by atoms with Crippen LogP contribution in [0.3, 0.4) is 0 Å². The highest BCUT2D eigenvalue weighted by Crippen LogP contribution is 2.33.